The van der Waals surface area contributed by atoms with Crippen molar-refractivity contribution in [2.24, 2.45) is 0 Å². The van der Waals surface area contributed by atoms with Gasteiger partial charge in [-0.25, -0.2) is 8.78 Å². The van der Waals surface area contributed by atoms with Gasteiger partial charge in [0, 0.05) is 35.7 Å². The first-order valence-corrected chi connectivity index (χ1v) is 9.50. The Hall–Kier alpha value is -3.29. The van der Waals surface area contributed by atoms with Crippen molar-refractivity contribution in [3.8, 4) is 17.0 Å². The van der Waals surface area contributed by atoms with E-state index in [0.29, 0.717) is 29.1 Å². The molecule has 4 aromatic rings. The normalized spacial score (nSPS) is 12.2. The van der Waals surface area contributed by atoms with Crippen LogP contribution < -0.4 is 10.1 Å². The van der Waals surface area contributed by atoms with Gasteiger partial charge in [0.15, 0.2) is 5.58 Å². The largest absolute Gasteiger partial charge is 0.491 e. The van der Waals surface area contributed by atoms with Crippen molar-refractivity contribution in [2.75, 3.05) is 13.2 Å². The highest BCUT2D eigenvalue weighted by Gasteiger charge is 2.12. The van der Waals surface area contributed by atoms with E-state index >= 15 is 0 Å². The molecule has 1 aromatic heterocycles. The summed E-state index contributed by atoms with van der Waals surface area (Å²) in [4.78, 5) is 0. The molecule has 1 atom stereocenters. The van der Waals surface area contributed by atoms with E-state index in [2.05, 4.69) is 10.5 Å². The number of benzene rings is 3. The number of hydrogen-bond acceptors (Lipinski definition) is 5. The highest BCUT2D eigenvalue weighted by Crippen LogP contribution is 2.29. The summed E-state index contributed by atoms with van der Waals surface area (Å²) < 4.78 is 37.7. The maximum Gasteiger partial charge on any atom is 0.170 e. The minimum atomic E-state index is -0.745. The number of aromatic nitrogens is 1. The number of nitrogens with zero attached hydrogens (tertiary/aromatic N) is 1. The van der Waals surface area contributed by atoms with E-state index in [1.165, 1.54) is 18.2 Å². The maximum atomic E-state index is 13.6. The third-order valence-electron chi connectivity index (χ3n) is 4.66. The highest BCUT2D eigenvalue weighted by atomic mass is 19.1. The number of aliphatic hydroxyl groups is 1. The smallest absolute Gasteiger partial charge is 0.170 e. The highest BCUT2D eigenvalue weighted by molar-refractivity contribution is 5.91. The second-order valence-corrected chi connectivity index (χ2v) is 6.88. The molecule has 0 aliphatic carbocycles. The lowest BCUT2D eigenvalue weighted by Crippen LogP contribution is -2.31. The first-order valence-electron chi connectivity index (χ1n) is 9.50. The number of fused-ring (bicyclic) bond motifs is 1. The lowest BCUT2D eigenvalue weighted by atomic mass is 10.1. The van der Waals surface area contributed by atoms with Gasteiger partial charge in [-0.3, -0.25) is 0 Å². The summed E-state index contributed by atoms with van der Waals surface area (Å²) in [6.45, 7) is 0.692. The molecule has 30 heavy (non-hydrogen) atoms. The van der Waals surface area contributed by atoms with Gasteiger partial charge in [0.05, 0.1) is 0 Å². The van der Waals surface area contributed by atoms with Gasteiger partial charge in [0.25, 0.3) is 0 Å². The van der Waals surface area contributed by atoms with Crippen LogP contribution in [-0.4, -0.2) is 29.5 Å². The van der Waals surface area contributed by atoms with Crippen LogP contribution in [0.2, 0.25) is 0 Å². The van der Waals surface area contributed by atoms with Crippen LogP contribution >= 0.6 is 0 Å². The molecule has 5 nitrogen and oxygen atoms in total. The van der Waals surface area contributed by atoms with E-state index in [4.69, 9.17) is 9.26 Å². The standard InChI is InChI=1S/C23H20F2N2O3/c24-17-7-10-20-22(11-17)30-27-23(20)15-5-8-19(9-6-15)29-14-18(28)13-26-12-16-3-1-2-4-21(16)25/h1-11,18,26,28H,12-14H2/t18-/m0/s1. The number of halogens is 2. The SMILES string of the molecule is O[C@@H](CNCc1ccccc1F)COc1ccc(-c2noc3cc(F)ccc23)cc1. The molecular weight excluding hydrogens is 390 g/mol. The minimum absolute atomic E-state index is 0.0930. The van der Waals surface area contributed by atoms with E-state index in [-0.39, 0.29) is 24.8 Å². The fraction of sp³-hybridized carbons (Fsp3) is 0.174. The van der Waals surface area contributed by atoms with Crippen LogP contribution in [0.3, 0.4) is 0 Å². The van der Waals surface area contributed by atoms with Gasteiger partial charge in [-0.15, -0.1) is 0 Å². The second kappa shape index (κ2) is 9.02. The molecule has 0 spiro atoms. The first-order chi connectivity index (χ1) is 14.6. The van der Waals surface area contributed by atoms with Crippen LogP contribution in [0.4, 0.5) is 8.78 Å². The van der Waals surface area contributed by atoms with Gasteiger partial charge in [0.2, 0.25) is 0 Å². The average molecular weight is 410 g/mol. The van der Waals surface area contributed by atoms with Crippen LogP contribution in [0.15, 0.2) is 71.3 Å². The van der Waals surface area contributed by atoms with E-state index < -0.39 is 6.10 Å². The minimum Gasteiger partial charge on any atom is -0.491 e. The summed E-state index contributed by atoms with van der Waals surface area (Å²) in [6, 6.07) is 18.0. The van der Waals surface area contributed by atoms with E-state index in [0.717, 1.165) is 10.9 Å². The molecule has 7 heteroatoms. The Morgan fingerprint density at radius 3 is 2.63 bits per heavy atom. The van der Waals surface area contributed by atoms with Gasteiger partial charge in [-0.2, -0.15) is 0 Å². The topological polar surface area (TPSA) is 67.5 Å². The molecular formula is C23H20F2N2O3. The van der Waals surface area contributed by atoms with Crippen molar-refractivity contribution in [1.29, 1.82) is 0 Å². The summed E-state index contributed by atoms with van der Waals surface area (Å²) in [7, 11) is 0. The molecule has 0 aliphatic rings. The molecule has 0 radical (unpaired) electrons. The number of nitrogens with one attached hydrogen (secondary N) is 1. The molecule has 0 fully saturated rings. The van der Waals surface area contributed by atoms with E-state index in [1.807, 2.05) is 12.1 Å². The van der Waals surface area contributed by atoms with Gasteiger partial charge < -0.3 is 19.7 Å². The molecule has 2 N–H and O–H groups in total. The molecule has 0 amide bonds. The third-order valence-corrected chi connectivity index (χ3v) is 4.66. The Balaban J connectivity index is 1.29. The monoisotopic (exact) mass is 410 g/mol. The predicted molar refractivity (Wildman–Crippen MR) is 109 cm³/mol. The maximum absolute atomic E-state index is 13.6. The van der Waals surface area contributed by atoms with Crippen molar-refractivity contribution in [3.63, 3.8) is 0 Å². The van der Waals surface area contributed by atoms with Crippen molar-refractivity contribution in [3.05, 3.63) is 83.9 Å². The van der Waals surface area contributed by atoms with Gasteiger partial charge in [-0.05, 0) is 42.5 Å². The zero-order chi connectivity index (χ0) is 20.9. The van der Waals surface area contributed by atoms with Gasteiger partial charge in [-0.1, -0.05) is 23.4 Å². The average Bonchev–Trinajstić information content (AvgIpc) is 3.17. The molecule has 0 saturated carbocycles. The fourth-order valence-corrected chi connectivity index (χ4v) is 3.10. The molecule has 0 saturated heterocycles. The Kier molecular flexibility index (Phi) is 6.02. The second-order valence-electron chi connectivity index (χ2n) is 6.88. The van der Waals surface area contributed by atoms with Gasteiger partial charge >= 0.3 is 0 Å². The van der Waals surface area contributed by atoms with E-state index in [9.17, 15) is 13.9 Å². The summed E-state index contributed by atoms with van der Waals surface area (Å²) in [5.41, 5.74) is 2.36. The Morgan fingerprint density at radius 1 is 1.03 bits per heavy atom. The third kappa shape index (κ3) is 4.64. The van der Waals surface area contributed by atoms with Crippen LogP contribution in [0.25, 0.3) is 22.2 Å². The molecule has 0 unspecified atom stereocenters. The molecule has 0 bridgehead atoms. The Morgan fingerprint density at radius 2 is 1.83 bits per heavy atom. The van der Waals surface area contributed by atoms with Crippen molar-refractivity contribution in [1.82, 2.24) is 10.5 Å². The first kappa shape index (κ1) is 20.0. The molecule has 0 aliphatic heterocycles. The predicted octanol–water partition coefficient (Wildman–Crippen LogP) is 4.30. The molecule has 1 heterocycles. The molecule has 4 rings (SSSR count). The van der Waals surface area contributed by atoms with Crippen LogP contribution in [-0.2, 0) is 6.54 Å². The lowest BCUT2D eigenvalue weighted by Gasteiger charge is -2.14. The fourth-order valence-electron chi connectivity index (χ4n) is 3.10. The van der Waals surface area contributed by atoms with E-state index in [1.54, 1.807) is 36.4 Å². The van der Waals surface area contributed by atoms with Gasteiger partial charge in [0.1, 0.15) is 35.8 Å². The summed E-state index contributed by atoms with van der Waals surface area (Å²) >= 11 is 0. The number of rotatable bonds is 8. The van der Waals surface area contributed by atoms with Crippen molar-refractivity contribution >= 4 is 11.0 Å². The Labute approximate surface area is 171 Å². The summed E-state index contributed by atoms with van der Waals surface area (Å²) in [5, 5.41) is 17.8. The lowest BCUT2D eigenvalue weighted by molar-refractivity contribution is 0.106. The van der Waals surface area contributed by atoms with Crippen LogP contribution in [0, 0.1) is 11.6 Å². The zero-order valence-electron chi connectivity index (χ0n) is 16.0. The van der Waals surface area contributed by atoms with Crippen molar-refractivity contribution < 1.29 is 23.1 Å². The summed E-state index contributed by atoms with van der Waals surface area (Å²) in [6.07, 6.45) is -0.745. The summed E-state index contributed by atoms with van der Waals surface area (Å²) in [5.74, 6) is -0.0671. The Bertz CT molecular complexity index is 1130. The quantitative estimate of drug-likeness (QED) is 0.453. The number of hydrogen-bond donors (Lipinski definition) is 2. The molecule has 154 valence electrons. The zero-order valence-corrected chi connectivity index (χ0v) is 16.0. The van der Waals surface area contributed by atoms with Crippen LogP contribution in [0.1, 0.15) is 5.56 Å². The van der Waals surface area contributed by atoms with Crippen molar-refractivity contribution in [2.45, 2.75) is 12.6 Å². The van der Waals surface area contributed by atoms with Crippen LogP contribution in [0.5, 0.6) is 5.75 Å². The number of ether oxygens (including phenoxy) is 1. The number of aliphatic hydroxyl groups excluding tert-OH is 1. The molecule has 3 aromatic carbocycles.